The van der Waals surface area contributed by atoms with Crippen LogP contribution in [0.3, 0.4) is 0 Å². The third kappa shape index (κ3) is 1.78. The summed E-state index contributed by atoms with van der Waals surface area (Å²) < 4.78 is 24.5. The van der Waals surface area contributed by atoms with Gasteiger partial charge in [-0.3, -0.25) is 0 Å². The first kappa shape index (κ1) is 17.0. The minimum atomic E-state index is -3.41. The Morgan fingerprint density at radius 3 is 1.71 bits per heavy atom. The van der Waals surface area contributed by atoms with Gasteiger partial charge in [-0.15, -0.1) is 0 Å². The van der Waals surface area contributed by atoms with Crippen LogP contribution in [0.1, 0.15) is 59.6 Å². The van der Waals surface area contributed by atoms with E-state index in [1.54, 1.807) is 0 Å². The molecule has 0 unspecified atom stereocenters. The Labute approximate surface area is 137 Å². The smallest absolute Gasteiger partial charge is 0.163 e. The Bertz CT molecular complexity index is 629. The molecule has 1 heterocycles. The molecule has 0 aliphatic carbocycles. The zero-order valence-corrected chi connectivity index (χ0v) is 16.3. The Hall–Kier alpha value is -0.350. The largest absolute Gasteiger partial charge is 0.228 e. The van der Waals surface area contributed by atoms with Gasteiger partial charge in [-0.05, 0) is 45.7 Å². The highest BCUT2D eigenvalue weighted by Crippen LogP contribution is 2.58. The molecule has 0 fully saturated rings. The molecule has 1 aromatic rings. The molecule has 0 N–H and O–H groups in total. The van der Waals surface area contributed by atoms with E-state index in [1.807, 2.05) is 66.7 Å². The van der Waals surface area contributed by atoms with Gasteiger partial charge < -0.3 is 0 Å². The normalized spacial score (nSPS) is 32.0. The van der Waals surface area contributed by atoms with E-state index in [9.17, 15) is 8.42 Å². The van der Waals surface area contributed by atoms with Crippen LogP contribution in [-0.4, -0.2) is 17.9 Å². The lowest BCUT2D eigenvalue weighted by Crippen LogP contribution is -2.57. The van der Waals surface area contributed by atoms with Gasteiger partial charge in [0.25, 0.3) is 0 Å². The Morgan fingerprint density at radius 2 is 1.24 bits per heavy atom. The summed E-state index contributed by atoms with van der Waals surface area (Å²) in [6.45, 7) is 13.4. The second-order valence-corrected chi connectivity index (χ2v) is 12.3. The summed E-state index contributed by atoms with van der Waals surface area (Å²) in [5, 5.41) is 0. The van der Waals surface area contributed by atoms with E-state index >= 15 is 0 Å². The van der Waals surface area contributed by atoms with Crippen LogP contribution in [0.5, 0.6) is 0 Å². The third-order valence-corrected chi connectivity index (χ3v) is 11.4. The highest BCUT2D eigenvalue weighted by Gasteiger charge is 2.63. The number of alkyl halides is 1. The van der Waals surface area contributed by atoms with E-state index in [0.717, 1.165) is 11.1 Å². The van der Waals surface area contributed by atoms with Gasteiger partial charge in [0.05, 0.1) is 13.8 Å². The third-order valence-electron chi connectivity index (χ3n) is 6.09. The summed E-state index contributed by atoms with van der Waals surface area (Å²) in [4.78, 5) is 0. The van der Waals surface area contributed by atoms with Gasteiger partial charge in [0, 0.05) is 5.41 Å². The van der Waals surface area contributed by atoms with Gasteiger partial charge in [0.1, 0.15) is 0 Å². The van der Waals surface area contributed by atoms with Crippen molar-refractivity contribution in [3.05, 3.63) is 35.4 Å². The fourth-order valence-electron chi connectivity index (χ4n) is 3.31. The zero-order chi connectivity index (χ0) is 16.5. The molecular formula is C17H25BrO2S. The first-order valence-corrected chi connectivity index (χ1v) is 9.53. The van der Waals surface area contributed by atoms with E-state index in [-0.39, 0.29) is 0 Å². The number of sulfone groups is 1. The molecule has 0 bridgehead atoms. The van der Waals surface area contributed by atoms with Crippen molar-refractivity contribution in [2.24, 2.45) is 0 Å². The summed E-state index contributed by atoms with van der Waals surface area (Å²) >= 11 is 3.76. The number of fused-ring (bicyclic) bond motifs is 1. The predicted octanol–water partition coefficient (Wildman–Crippen LogP) is 4.56. The fraction of sp³-hybridized carbons (Fsp3) is 0.647. The molecule has 0 saturated heterocycles. The molecule has 1 aliphatic heterocycles. The second-order valence-electron chi connectivity index (χ2n) is 7.70. The molecule has 21 heavy (non-hydrogen) atoms. The van der Waals surface area contributed by atoms with Crippen LogP contribution in [0, 0.1) is 0 Å². The van der Waals surface area contributed by atoms with E-state index in [2.05, 4.69) is 22.0 Å². The summed E-state index contributed by atoms with van der Waals surface area (Å²) in [5.41, 5.74) is 1.68. The van der Waals surface area contributed by atoms with Crippen molar-refractivity contribution in [3.8, 4) is 0 Å². The molecule has 0 aromatic heterocycles. The average Bonchev–Trinajstić information content (AvgIpc) is 2.38. The molecule has 1 aromatic carbocycles. The summed E-state index contributed by atoms with van der Waals surface area (Å²) in [5.74, 6) is 0. The maximum atomic E-state index is 13.4. The van der Waals surface area contributed by atoms with Crippen LogP contribution in [-0.2, 0) is 19.6 Å². The quantitative estimate of drug-likeness (QED) is 0.625. The molecule has 1 aliphatic rings. The maximum absolute atomic E-state index is 13.4. The molecule has 0 amide bonds. The van der Waals surface area contributed by atoms with E-state index in [1.165, 1.54) is 0 Å². The lowest BCUT2D eigenvalue weighted by atomic mass is 9.70. The van der Waals surface area contributed by atoms with Crippen LogP contribution in [0.2, 0.25) is 0 Å². The minimum Gasteiger partial charge on any atom is -0.228 e. The molecular weight excluding hydrogens is 348 g/mol. The van der Waals surface area contributed by atoms with Crippen molar-refractivity contribution in [2.45, 2.75) is 67.7 Å². The number of benzene rings is 1. The van der Waals surface area contributed by atoms with Crippen LogP contribution < -0.4 is 0 Å². The van der Waals surface area contributed by atoms with Gasteiger partial charge in [0.15, 0.2) is 9.84 Å². The first-order valence-electron chi connectivity index (χ1n) is 7.26. The number of halogens is 1. The van der Waals surface area contributed by atoms with Crippen molar-refractivity contribution in [1.29, 1.82) is 0 Å². The Kier molecular flexibility index (Phi) is 3.52. The highest BCUT2D eigenvalue weighted by molar-refractivity contribution is 9.09. The topological polar surface area (TPSA) is 34.1 Å². The molecule has 0 spiro atoms. The molecule has 2 nitrogen and oxygen atoms in total. The van der Waals surface area contributed by atoms with E-state index < -0.39 is 29.1 Å². The Balaban J connectivity index is 3.05. The predicted molar refractivity (Wildman–Crippen MR) is 92.8 cm³/mol. The van der Waals surface area contributed by atoms with Gasteiger partial charge in [-0.2, -0.15) is 0 Å². The standard InChI is InChI=1S/C17H25BrO2S/c1-14(2)12-10-8-9-11-13(12)17(7,18)16(5,6)21(19,20)15(14,3)4/h8-11H,1-7H3/t17-/m0/s1. The van der Waals surface area contributed by atoms with Crippen molar-refractivity contribution in [2.75, 3.05) is 0 Å². The van der Waals surface area contributed by atoms with Crippen LogP contribution >= 0.6 is 15.9 Å². The van der Waals surface area contributed by atoms with Crippen molar-refractivity contribution in [3.63, 3.8) is 0 Å². The molecule has 118 valence electrons. The second kappa shape index (κ2) is 4.35. The summed E-state index contributed by atoms with van der Waals surface area (Å²) in [6.07, 6.45) is 0. The van der Waals surface area contributed by atoms with E-state index in [4.69, 9.17) is 0 Å². The van der Waals surface area contributed by atoms with Crippen LogP contribution in [0.25, 0.3) is 0 Å². The molecule has 0 saturated carbocycles. The van der Waals surface area contributed by atoms with Crippen molar-refractivity contribution in [1.82, 2.24) is 0 Å². The SMILES string of the molecule is CC1(C)c2ccccc2[C@](C)(Br)C(C)(C)S(=O)(=O)C1(C)C. The van der Waals surface area contributed by atoms with Gasteiger partial charge in [0.2, 0.25) is 0 Å². The van der Waals surface area contributed by atoms with Gasteiger partial charge in [-0.1, -0.05) is 54.0 Å². The van der Waals surface area contributed by atoms with Crippen LogP contribution in [0.4, 0.5) is 0 Å². The summed E-state index contributed by atoms with van der Waals surface area (Å²) in [7, 11) is -3.41. The number of hydrogen-bond acceptors (Lipinski definition) is 2. The summed E-state index contributed by atoms with van der Waals surface area (Å²) in [6, 6.07) is 8.08. The lowest BCUT2D eigenvalue weighted by molar-refractivity contribution is 0.379. The molecule has 2 rings (SSSR count). The minimum absolute atomic E-state index is 0.481. The lowest BCUT2D eigenvalue weighted by Gasteiger charge is -2.44. The van der Waals surface area contributed by atoms with Gasteiger partial charge >= 0.3 is 0 Å². The molecule has 4 heteroatoms. The maximum Gasteiger partial charge on any atom is 0.163 e. The monoisotopic (exact) mass is 372 g/mol. The molecule has 0 radical (unpaired) electrons. The average molecular weight is 373 g/mol. The first-order chi connectivity index (χ1) is 9.23. The van der Waals surface area contributed by atoms with Crippen molar-refractivity contribution >= 4 is 25.8 Å². The van der Waals surface area contributed by atoms with Crippen molar-refractivity contribution < 1.29 is 8.42 Å². The van der Waals surface area contributed by atoms with Gasteiger partial charge in [-0.25, -0.2) is 8.42 Å². The number of hydrogen-bond donors (Lipinski definition) is 0. The molecule has 1 atom stereocenters. The zero-order valence-electron chi connectivity index (χ0n) is 13.9. The Morgan fingerprint density at radius 1 is 0.810 bits per heavy atom. The fourth-order valence-corrected chi connectivity index (χ4v) is 6.97. The van der Waals surface area contributed by atoms with E-state index in [0.29, 0.717) is 0 Å². The highest BCUT2D eigenvalue weighted by atomic mass is 79.9. The van der Waals surface area contributed by atoms with Crippen LogP contribution in [0.15, 0.2) is 24.3 Å². The number of rotatable bonds is 0.